The van der Waals surface area contributed by atoms with Crippen molar-refractivity contribution < 1.29 is 28.5 Å². The molecule has 0 aromatic carbocycles. The lowest BCUT2D eigenvalue weighted by Gasteiger charge is -2.22. The smallest absolute Gasteiger partial charge is 0.336 e. The zero-order chi connectivity index (χ0) is 15.0. The van der Waals surface area contributed by atoms with Gasteiger partial charge in [0.05, 0.1) is 25.5 Å². The molecule has 7 heteroatoms. The van der Waals surface area contributed by atoms with Gasteiger partial charge in [0, 0.05) is 6.08 Å². The summed E-state index contributed by atoms with van der Waals surface area (Å²) in [6, 6.07) is -1.04. The first-order valence-electron chi connectivity index (χ1n) is 6.27. The van der Waals surface area contributed by atoms with Gasteiger partial charge in [0.2, 0.25) is 0 Å². The Balaban J connectivity index is 2.02. The molecule has 0 saturated carbocycles. The fraction of sp³-hybridized carbons (Fsp3) is 0.357. The van der Waals surface area contributed by atoms with E-state index in [0.717, 1.165) is 0 Å². The molecule has 0 aromatic rings. The maximum absolute atomic E-state index is 11.8. The van der Waals surface area contributed by atoms with Crippen molar-refractivity contribution in [3.63, 3.8) is 0 Å². The molecule has 2 heterocycles. The van der Waals surface area contributed by atoms with Gasteiger partial charge in [-0.1, -0.05) is 0 Å². The van der Waals surface area contributed by atoms with Crippen LogP contribution in [0.4, 0.5) is 0 Å². The molecule has 21 heavy (non-hydrogen) atoms. The van der Waals surface area contributed by atoms with Crippen LogP contribution in [0.3, 0.4) is 0 Å². The summed E-state index contributed by atoms with van der Waals surface area (Å²) in [5.74, 6) is -0.606. The largest absolute Gasteiger partial charge is 0.469 e. The lowest BCUT2D eigenvalue weighted by molar-refractivity contribution is -0.144. The Labute approximate surface area is 120 Å². The SMILES string of the molecule is COC(=O)C1=CC2=CC3OCOC3=CC2=NC1C(=O)OC. The van der Waals surface area contributed by atoms with Gasteiger partial charge >= 0.3 is 11.9 Å². The summed E-state index contributed by atoms with van der Waals surface area (Å²) >= 11 is 0. The number of carbonyl (C=O) groups is 2. The minimum atomic E-state index is -1.04. The summed E-state index contributed by atoms with van der Waals surface area (Å²) in [6.07, 6.45) is 4.78. The highest BCUT2D eigenvalue weighted by molar-refractivity contribution is 6.16. The van der Waals surface area contributed by atoms with Crippen molar-refractivity contribution in [2.45, 2.75) is 12.1 Å². The number of methoxy groups -OCH3 is 2. The highest BCUT2D eigenvalue weighted by atomic mass is 16.7. The minimum Gasteiger partial charge on any atom is -0.469 e. The van der Waals surface area contributed by atoms with E-state index in [2.05, 4.69) is 4.99 Å². The van der Waals surface area contributed by atoms with E-state index in [1.165, 1.54) is 14.2 Å². The van der Waals surface area contributed by atoms with Crippen LogP contribution in [0.1, 0.15) is 0 Å². The van der Waals surface area contributed by atoms with Gasteiger partial charge < -0.3 is 18.9 Å². The summed E-state index contributed by atoms with van der Waals surface area (Å²) < 4.78 is 20.1. The average molecular weight is 291 g/mol. The highest BCUT2D eigenvalue weighted by Gasteiger charge is 2.36. The van der Waals surface area contributed by atoms with Gasteiger partial charge in [-0.15, -0.1) is 0 Å². The first-order chi connectivity index (χ1) is 10.1. The first-order valence-corrected chi connectivity index (χ1v) is 6.27. The molecular formula is C14H13NO6. The molecule has 3 rings (SSSR count). The van der Waals surface area contributed by atoms with Crippen LogP contribution in [0.5, 0.6) is 0 Å². The van der Waals surface area contributed by atoms with Crippen LogP contribution in [0.2, 0.25) is 0 Å². The molecule has 0 N–H and O–H groups in total. The summed E-state index contributed by atoms with van der Waals surface area (Å²) in [4.78, 5) is 27.9. The Hall–Kier alpha value is -2.41. The molecule has 3 aliphatic rings. The standard InChI is InChI=1S/C14H13NO6/c1-18-13(16)8-3-7-4-10-11(21-6-20-10)5-9(7)15-12(8)14(17)19-2/h3-5,10,12H,6H2,1-2H3. The topological polar surface area (TPSA) is 83.4 Å². The first kappa shape index (κ1) is 13.6. The van der Waals surface area contributed by atoms with E-state index >= 15 is 0 Å². The fourth-order valence-corrected chi connectivity index (χ4v) is 2.33. The van der Waals surface area contributed by atoms with Gasteiger partial charge in [-0.2, -0.15) is 0 Å². The molecule has 1 aliphatic carbocycles. The average Bonchev–Trinajstić information content (AvgIpc) is 2.96. The summed E-state index contributed by atoms with van der Waals surface area (Å²) in [5.41, 5.74) is 1.37. The van der Waals surface area contributed by atoms with Crippen molar-refractivity contribution in [1.82, 2.24) is 0 Å². The molecule has 0 radical (unpaired) electrons. The molecule has 7 nitrogen and oxygen atoms in total. The lowest BCUT2D eigenvalue weighted by atomic mass is 9.92. The van der Waals surface area contributed by atoms with Gasteiger partial charge in [-0.25, -0.2) is 9.59 Å². The number of allylic oxidation sites excluding steroid dienone is 3. The van der Waals surface area contributed by atoms with Gasteiger partial charge in [-0.3, -0.25) is 4.99 Å². The molecule has 0 spiro atoms. The normalized spacial score (nSPS) is 26.2. The molecule has 2 aliphatic heterocycles. The van der Waals surface area contributed by atoms with Gasteiger partial charge in [0.1, 0.15) is 11.9 Å². The van der Waals surface area contributed by atoms with Crippen LogP contribution in [0.15, 0.2) is 40.1 Å². The van der Waals surface area contributed by atoms with Gasteiger partial charge in [0.25, 0.3) is 0 Å². The summed E-state index contributed by atoms with van der Waals surface area (Å²) in [5, 5.41) is 0. The maximum Gasteiger partial charge on any atom is 0.336 e. The number of hydrogen-bond acceptors (Lipinski definition) is 7. The number of esters is 2. The van der Waals surface area contributed by atoms with Crippen molar-refractivity contribution >= 4 is 17.7 Å². The molecule has 0 amide bonds. The molecule has 0 aromatic heterocycles. The van der Waals surface area contributed by atoms with Crippen molar-refractivity contribution in [3.05, 3.63) is 35.1 Å². The van der Waals surface area contributed by atoms with E-state index in [4.69, 9.17) is 18.9 Å². The second-order valence-corrected chi connectivity index (χ2v) is 4.55. The number of hydrogen-bond donors (Lipinski definition) is 0. The third-order valence-electron chi connectivity index (χ3n) is 3.38. The Kier molecular flexibility index (Phi) is 3.34. The van der Waals surface area contributed by atoms with Crippen LogP contribution in [-0.2, 0) is 28.5 Å². The number of ether oxygens (including phenoxy) is 4. The molecule has 1 saturated heterocycles. The third-order valence-corrected chi connectivity index (χ3v) is 3.38. The zero-order valence-corrected chi connectivity index (χ0v) is 11.5. The minimum absolute atomic E-state index is 0.134. The second-order valence-electron chi connectivity index (χ2n) is 4.55. The summed E-state index contributed by atoms with van der Waals surface area (Å²) in [6.45, 7) is 0.168. The number of nitrogens with zero attached hydrogens (tertiary/aromatic N) is 1. The predicted molar refractivity (Wildman–Crippen MR) is 70.3 cm³/mol. The maximum atomic E-state index is 11.8. The molecule has 1 fully saturated rings. The van der Waals surface area contributed by atoms with Crippen LogP contribution < -0.4 is 0 Å². The second kappa shape index (κ2) is 5.17. The van der Waals surface area contributed by atoms with Crippen LogP contribution in [0, 0.1) is 0 Å². The van der Waals surface area contributed by atoms with Crippen molar-refractivity contribution in [2.24, 2.45) is 4.99 Å². The Morgan fingerprint density at radius 3 is 2.81 bits per heavy atom. The van der Waals surface area contributed by atoms with E-state index in [9.17, 15) is 9.59 Å². The summed E-state index contributed by atoms with van der Waals surface area (Å²) in [7, 11) is 2.49. The molecule has 0 bridgehead atoms. The Morgan fingerprint density at radius 1 is 1.29 bits per heavy atom. The van der Waals surface area contributed by atoms with Crippen molar-refractivity contribution in [1.29, 1.82) is 0 Å². The van der Waals surface area contributed by atoms with Crippen molar-refractivity contribution in [3.8, 4) is 0 Å². The fourth-order valence-electron chi connectivity index (χ4n) is 2.33. The van der Waals surface area contributed by atoms with E-state index in [0.29, 0.717) is 17.0 Å². The van der Waals surface area contributed by atoms with Gasteiger partial charge in [0.15, 0.2) is 12.8 Å². The van der Waals surface area contributed by atoms with Crippen LogP contribution in [0.25, 0.3) is 0 Å². The van der Waals surface area contributed by atoms with Crippen LogP contribution in [-0.4, -0.2) is 50.8 Å². The molecule has 2 unspecified atom stereocenters. The zero-order valence-electron chi connectivity index (χ0n) is 11.5. The molecular weight excluding hydrogens is 278 g/mol. The predicted octanol–water partition coefficient (Wildman–Crippen LogP) is 0.279. The number of carbonyl (C=O) groups excluding carboxylic acids is 2. The van der Waals surface area contributed by atoms with Crippen molar-refractivity contribution in [2.75, 3.05) is 21.0 Å². The highest BCUT2D eigenvalue weighted by Crippen LogP contribution is 2.30. The third kappa shape index (κ3) is 2.25. The number of aliphatic imine (C=N–C) groups is 1. The van der Waals surface area contributed by atoms with E-state index in [1.54, 1.807) is 18.2 Å². The number of fused-ring (bicyclic) bond motifs is 2. The van der Waals surface area contributed by atoms with E-state index in [1.807, 2.05) is 0 Å². The lowest BCUT2D eigenvalue weighted by Crippen LogP contribution is -2.32. The Morgan fingerprint density at radius 2 is 2.10 bits per heavy atom. The Bertz CT molecular complexity index is 627. The van der Waals surface area contributed by atoms with Gasteiger partial charge in [-0.05, 0) is 17.7 Å². The monoisotopic (exact) mass is 291 g/mol. The van der Waals surface area contributed by atoms with E-state index < -0.39 is 18.0 Å². The quantitative estimate of drug-likeness (QED) is 0.679. The van der Waals surface area contributed by atoms with Crippen LogP contribution >= 0.6 is 0 Å². The van der Waals surface area contributed by atoms with E-state index in [-0.39, 0.29) is 18.5 Å². The molecule has 2 atom stereocenters. The molecule has 110 valence electrons. The number of rotatable bonds is 2. The number of dihydropyridines is 1.